The summed E-state index contributed by atoms with van der Waals surface area (Å²) >= 11 is 0. The zero-order valence-electron chi connectivity index (χ0n) is 11.2. The molecule has 0 aromatic heterocycles. The van der Waals surface area contributed by atoms with Crippen LogP contribution in [0.3, 0.4) is 0 Å². The fourth-order valence-corrected chi connectivity index (χ4v) is 4.41. The second-order valence-corrected chi connectivity index (χ2v) is 7.54. The third-order valence-electron chi connectivity index (χ3n) is 2.96. The first kappa shape index (κ1) is 16.2. The normalized spacial score (nSPS) is 12.3. The SMILES string of the molecule is Nc1cc(-c2ccccc2)c(S(N)(=O)=O)c(S(N)(=O)=O)c1N. The van der Waals surface area contributed by atoms with E-state index in [1.54, 1.807) is 30.3 Å². The monoisotopic (exact) mass is 342 g/mol. The van der Waals surface area contributed by atoms with E-state index in [9.17, 15) is 16.8 Å². The van der Waals surface area contributed by atoms with Gasteiger partial charge in [-0.2, -0.15) is 0 Å². The van der Waals surface area contributed by atoms with Gasteiger partial charge in [0.05, 0.1) is 11.4 Å². The Morgan fingerprint density at radius 1 is 0.773 bits per heavy atom. The maximum Gasteiger partial charge on any atom is 0.241 e. The standard InChI is InChI=1S/C12H14N4O4S2/c13-9-6-8(7-4-2-1-3-5-7)11(21(15,17)18)12(10(9)14)22(16,19)20/h1-6H,13-14H2,(H2,15,17,18)(H2,16,19,20). The highest BCUT2D eigenvalue weighted by Crippen LogP contribution is 2.38. The van der Waals surface area contributed by atoms with Crippen LogP contribution in [-0.4, -0.2) is 16.8 Å². The van der Waals surface area contributed by atoms with Gasteiger partial charge in [-0.1, -0.05) is 30.3 Å². The lowest BCUT2D eigenvalue weighted by Crippen LogP contribution is -2.23. The van der Waals surface area contributed by atoms with Gasteiger partial charge in [0, 0.05) is 5.56 Å². The fraction of sp³-hybridized carbons (Fsp3) is 0. The summed E-state index contributed by atoms with van der Waals surface area (Å²) in [6.45, 7) is 0. The first-order chi connectivity index (χ1) is 10.0. The minimum Gasteiger partial charge on any atom is -0.397 e. The second-order valence-electron chi connectivity index (χ2n) is 4.54. The Hall–Kier alpha value is -2.14. The first-order valence-electron chi connectivity index (χ1n) is 5.86. The van der Waals surface area contributed by atoms with Gasteiger partial charge < -0.3 is 11.5 Å². The molecule has 0 bridgehead atoms. The zero-order chi connectivity index (χ0) is 16.7. The molecule has 0 radical (unpaired) electrons. The maximum absolute atomic E-state index is 11.9. The minimum atomic E-state index is -4.46. The number of hydrogen-bond donors (Lipinski definition) is 4. The van der Waals surface area contributed by atoms with Crippen LogP contribution in [0, 0.1) is 0 Å². The van der Waals surface area contributed by atoms with E-state index >= 15 is 0 Å². The van der Waals surface area contributed by atoms with Crippen molar-refractivity contribution < 1.29 is 16.8 Å². The second kappa shape index (κ2) is 5.25. The summed E-state index contributed by atoms with van der Waals surface area (Å²) in [7, 11) is -8.89. The van der Waals surface area contributed by atoms with Gasteiger partial charge in [0.2, 0.25) is 20.0 Å². The van der Waals surface area contributed by atoms with Crippen LogP contribution in [0.1, 0.15) is 0 Å². The maximum atomic E-state index is 11.9. The minimum absolute atomic E-state index is 0.0128. The first-order valence-corrected chi connectivity index (χ1v) is 8.95. The van der Waals surface area contributed by atoms with Crippen LogP contribution in [-0.2, 0) is 20.0 Å². The Morgan fingerprint density at radius 3 is 1.73 bits per heavy atom. The Morgan fingerprint density at radius 2 is 1.27 bits per heavy atom. The molecule has 8 nitrogen and oxygen atoms in total. The molecule has 8 N–H and O–H groups in total. The number of anilines is 2. The molecule has 0 amide bonds. The number of nitrogens with two attached hydrogens (primary N) is 4. The van der Waals surface area contributed by atoms with Crippen LogP contribution in [0.25, 0.3) is 11.1 Å². The Labute approximate surface area is 127 Å². The number of benzene rings is 2. The number of primary sulfonamides is 2. The van der Waals surface area contributed by atoms with Crippen LogP contribution in [0.15, 0.2) is 46.2 Å². The molecule has 22 heavy (non-hydrogen) atoms. The van der Waals surface area contributed by atoms with Gasteiger partial charge in [0.1, 0.15) is 9.79 Å². The quantitative estimate of drug-likeness (QED) is 0.563. The number of rotatable bonds is 3. The molecule has 0 heterocycles. The molecule has 0 fully saturated rings. The zero-order valence-corrected chi connectivity index (χ0v) is 12.9. The van der Waals surface area contributed by atoms with Crippen molar-refractivity contribution in [3.8, 4) is 11.1 Å². The van der Waals surface area contributed by atoms with Crippen LogP contribution < -0.4 is 21.7 Å². The molecule has 0 aliphatic rings. The molecule has 0 aliphatic heterocycles. The summed E-state index contributed by atoms with van der Waals surface area (Å²) in [5.74, 6) is 0. The van der Waals surface area contributed by atoms with E-state index in [-0.39, 0.29) is 11.3 Å². The third-order valence-corrected chi connectivity index (χ3v) is 5.08. The van der Waals surface area contributed by atoms with Crippen LogP contribution in [0.5, 0.6) is 0 Å². The van der Waals surface area contributed by atoms with E-state index in [1.165, 1.54) is 6.07 Å². The summed E-state index contributed by atoms with van der Waals surface area (Å²) in [4.78, 5) is -1.47. The van der Waals surface area contributed by atoms with E-state index in [2.05, 4.69) is 0 Å². The number of hydrogen-bond acceptors (Lipinski definition) is 6. The van der Waals surface area contributed by atoms with Crippen molar-refractivity contribution in [2.24, 2.45) is 10.3 Å². The third kappa shape index (κ3) is 2.90. The van der Waals surface area contributed by atoms with Crippen LogP contribution >= 0.6 is 0 Å². The lowest BCUT2D eigenvalue weighted by Gasteiger charge is -2.16. The smallest absolute Gasteiger partial charge is 0.241 e. The fourth-order valence-electron chi connectivity index (χ4n) is 2.07. The molecule has 0 unspecified atom stereocenters. The molecule has 0 saturated carbocycles. The molecule has 2 aromatic carbocycles. The van der Waals surface area contributed by atoms with Gasteiger partial charge in [0.25, 0.3) is 0 Å². The Bertz CT molecular complexity index is 939. The highest BCUT2D eigenvalue weighted by atomic mass is 32.2. The molecule has 0 spiro atoms. The summed E-state index contributed by atoms with van der Waals surface area (Å²) in [6.07, 6.45) is 0. The van der Waals surface area contributed by atoms with Crippen molar-refractivity contribution in [2.45, 2.75) is 9.79 Å². The largest absolute Gasteiger partial charge is 0.397 e. The van der Waals surface area contributed by atoms with Crippen LogP contribution in [0.4, 0.5) is 11.4 Å². The van der Waals surface area contributed by atoms with Gasteiger partial charge in [-0.25, -0.2) is 27.1 Å². The van der Waals surface area contributed by atoms with Crippen molar-refractivity contribution in [3.05, 3.63) is 36.4 Å². The van der Waals surface area contributed by atoms with E-state index in [0.717, 1.165) is 0 Å². The van der Waals surface area contributed by atoms with Gasteiger partial charge in [0.15, 0.2) is 0 Å². The molecule has 2 aromatic rings. The highest BCUT2D eigenvalue weighted by Gasteiger charge is 2.30. The van der Waals surface area contributed by atoms with E-state index in [1.807, 2.05) is 0 Å². The van der Waals surface area contributed by atoms with Crippen LogP contribution in [0.2, 0.25) is 0 Å². The number of sulfonamides is 2. The van der Waals surface area contributed by atoms with Gasteiger partial charge in [-0.3, -0.25) is 0 Å². The van der Waals surface area contributed by atoms with Crippen molar-refractivity contribution in [3.63, 3.8) is 0 Å². The predicted octanol–water partition coefficient (Wildman–Crippen LogP) is -0.187. The average molecular weight is 342 g/mol. The molecule has 0 aliphatic carbocycles. The molecule has 2 rings (SSSR count). The lowest BCUT2D eigenvalue weighted by atomic mass is 10.0. The molecule has 0 saturated heterocycles. The molecule has 10 heteroatoms. The Kier molecular flexibility index (Phi) is 3.87. The molecular formula is C12H14N4O4S2. The molecule has 0 atom stereocenters. The molecule has 118 valence electrons. The van der Waals surface area contributed by atoms with Crippen molar-refractivity contribution in [1.29, 1.82) is 0 Å². The summed E-state index contributed by atoms with van der Waals surface area (Å²) in [5.41, 5.74) is 11.1. The average Bonchev–Trinajstić information content (AvgIpc) is 2.39. The summed E-state index contributed by atoms with van der Waals surface area (Å²) in [6, 6.07) is 9.40. The number of nitrogen functional groups attached to an aromatic ring is 2. The van der Waals surface area contributed by atoms with E-state index in [0.29, 0.717) is 5.56 Å². The van der Waals surface area contributed by atoms with Gasteiger partial charge >= 0.3 is 0 Å². The summed E-state index contributed by atoms with van der Waals surface area (Å²) in [5, 5.41) is 10.3. The van der Waals surface area contributed by atoms with E-state index in [4.69, 9.17) is 21.7 Å². The predicted molar refractivity (Wildman–Crippen MR) is 83.4 cm³/mol. The Balaban J connectivity index is 3.08. The highest BCUT2D eigenvalue weighted by molar-refractivity contribution is 7.92. The van der Waals surface area contributed by atoms with Crippen molar-refractivity contribution in [1.82, 2.24) is 0 Å². The van der Waals surface area contributed by atoms with Gasteiger partial charge in [-0.15, -0.1) is 0 Å². The molecular weight excluding hydrogens is 328 g/mol. The lowest BCUT2D eigenvalue weighted by molar-refractivity contribution is 0.585. The van der Waals surface area contributed by atoms with Crippen molar-refractivity contribution >= 4 is 31.4 Å². The topological polar surface area (TPSA) is 172 Å². The summed E-state index contributed by atoms with van der Waals surface area (Å²) < 4.78 is 47.4. The van der Waals surface area contributed by atoms with E-state index < -0.39 is 35.5 Å². The van der Waals surface area contributed by atoms with Crippen molar-refractivity contribution in [2.75, 3.05) is 11.5 Å². The van der Waals surface area contributed by atoms with Gasteiger partial charge in [-0.05, 0) is 11.6 Å².